The number of benzene rings is 1. The molecule has 0 radical (unpaired) electrons. The van der Waals surface area contributed by atoms with Crippen LogP contribution >= 0.6 is 12.2 Å². The minimum Gasteiger partial charge on any atom is -0.496 e. The molecule has 144 valence electrons. The Bertz CT molecular complexity index is 831. The number of thiocarbonyl (C=S) groups is 1. The normalized spacial score (nSPS) is 10.3. The van der Waals surface area contributed by atoms with Crippen LogP contribution in [0.15, 0.2) is 34.7 Å². The number of nitrogens with one attached hydrogen (secondary N) is 2. The van der Waals surface area contributed by atoms with Crippen LogP contribution in [0, 0.1) is 0 Å². The van der Waals surface area contributed by atoms with E-state index in [1.165, 1.54) is 13.2 Å². The Balaban J connectivity index is 2.05. The molecule has 0 aliphatic carbocycles. The Labute approximate surface area is 162 Å². The number of hydrogen-bond donors (Lipinski definition) is 3. The van der Waals surface area contributed by atoms with E-state index < -0.39 is 5.97 Å². The number of amides is 1. The first kappa shape index (κ1) is 20.4. The molecule has 1 aromatic heterocycles. The Kier molecular flexibility index (Phi) is 7.36. The van der Waals surface area contributed by atoms with Gasteiger partial charge >= 0.3 is 5.97 Å². The number of unbranched alkanes of at least 4 members (excludes halogenated alkanes) is 2. The van der Waals surface area contributed by atoms with Gasteiger partial charge < -0.3 is 24.9 Å². The monoisotopic (exact) mass is 390 g/mol. The summed E-state index contributed by atoms with van der Waals surface area (Å²) in [5.74, 6) is -0.563. The molecule has 8 heteroatoms. The maximum Gasteiger partial charge on any atom is 0.371 e. The van der Waals surface area contributed by atoms with Crippen LogP contribution in [0.1, 0.15) is 43.2 Å². The number of carbonyl (C=O) groups is 2. The van der Waals surface area contributed by atoms with Crippen molar-refractivity contribution in [1.82, 2.24) is 5.32 Å². The molecule has 2 rings (SSSR count). The molecule has 0 aliphatic heterocycles. The van der Waals surface area contributed by atoms with E-state index in [0.29, 0.717) is 29.2 Å². The van der Waals surface area contributed by atoms with Gasteiger partial charge in [0, 0.05) is 18.2 Å². The number of hydrogen-bond acceptors (Lipinski definition) is 5. The molecule has 0 saturated carbocycles. The van der Waals surface area contributed by atoms with Gasteiger partial charge in [0.25, 0.3) is 0 Å². The summed E-state index contributed by atoms with van der Waals surface area (Å²) in [6.07, 6.45) is 3.31. The van der Waals surface area contributed by atoms with E-state index in [-0.39, 0.29) is 16.8 Å². The number of anilines is 1. The number of carbonyl (C=O) groups excluding carboxylic acids is 1. The van der Waals surface area contributed by atoms with Gasteiger partial charge in [-0.2, -0.15) is 0 Å². The number of methoxy groups -OCH3 is 1. The lowest BCUT2D eigenvalue weighted by molar-refractivity contribution is -0.119. The first-order valence-corrected chi connectivity index (χ1v) is 8.97. The molecule has 0 bridgehead atoms. The summed E-state index contributed by atoms with van der Waals surface area (Å²) in [5.41, 5.74) is 1.23. The summed E-state index contributed by atoms with van der Waals surface area (Å²) in [4.78, 5) is 22.8. The number of carboxylic acids is 1. The molecule has 7 nitrogen and oxygen atoms in total. The van der Waals surface area contributed by atoms with Gasteiger partial charge in [0.2, 0.25) is 11.7 Å². The predicted molar refractivity (Wildman–Crippen MR) is 106 cm³/mol. The van der Waals surface area contributed by atoms with Crippen LogP contribution in [0.3, 0.4) is 0 Å². The third-order valence-electron chi connectivity index (χ3n) is 3.80. The molecule has 0 aliphatic rings. The Hall–Kier alpha value is -2.87. The van der Waals surface area contributed by atoms with E-state index in [1.54, 1.807) is 24.3 Å². The predicted octanol–water partition coefficient (Wildman–Crippen LogP) is 4.05. The molecule has 0 unspecified atom stereocenters. The summed E-state index contributed by atoms with van der Waals surface area (Å²) < 4.78 is 10.7. The molecule has 3 N–H and O–H groups in total. The van der Waals surface area contributed by atoms with Crippen LogP contribution in [0.5, 0.6) is 5.75 Å². The number of ether oxygens (including phenoxy) is 1. The molecular weight excluding hydrogens is 368 g/mol. The van der Waals surface area contributed by atoms with E-state index in [0.717, 1.165) is 19.3 Å². The summed E-state index contributed by atoms with van der Waals surface area (Å²) in [7, 11) is 1.50. The van der Waals surface area contributed by atoms with Crippen molar-refractivity contribution in [3.8, 4) is 17.1 Å². The number of rotatable bonds is 8. The second-order valence-corrected chi connectivity index (χ2v) is 6.25. The quantitative estimate of drug-likeness (QED) is 0.462. The highest BCUT2D eigenvalue weighted by atomic mass is 32.1. The van der Waals surface area contributed by atoms with Gasteiger partial charge in [-0.25, -0.2) is 4.79 Å². The first-order valence-electron chi connectivity index (χ1n) is 8.57. The molecule has 0 fully saturated rings. The fourth-order valence-electron chi connectivity index (χ4n) is 2.46. The second kappa shape index (κ2) is 9.72. The van der Waals surface area contributed by atoms with E-state index in [1.807, 2.05) is 0 Å². The largest absolute Gasteiger partial charge is 0.496 e. The number of carboxylic acid groups (broad SMARTS) is 1. The lowest BCUT2D eigenvalue weighted by atomic mass is 10.1. The Morgan fingerprint density at radius 2 is 2.00 bits per heavy atom. The zero-order valence-corrected chi connectivity index (χ0v) is 16.0. The summed E-state index contributed by atoms with van der Waals surface area (Å²) in [6.45, 7) is 2.08. The molecule has 1 heterocycles. The number of aromatic carboxylic acids is 1. The molecular formula is C19H22N2O5S. The van der Waals surface area contributed by atoms with Crippen molar-refractivity contribution >= 4 is 34.9 Å². The maximum atomic E-state index is 11.8. The zero-order valence-electron chi connectivity index (χ0n) is 15.2. The molecule has 1 aromatic carbocycles. The molecule has 0 spiro atoms. The van der Waals surface area contributed by atoms with Gasteiger partial charge in [0.15, 0.2) is 5.11 Å². The van der Waals surface area contributed by atoms with Crippen LogP contribution in [0.2, 0.25) is 0 Å². The van der Waals surface area contributed by atoms with Crippen molar-refractivity contribution in [1.29, 1.82) is 0 Å². The van der Waals surface area contributed by atoms with E-state index in [2.05, 4.69) is 17.6 Å². The summed E-state index contributed by atoms with van der Waals surface area (Å²) in [5, 5.41) is 14.8. The van der Waals surface area contributed by atoms with Gasteiger partial charge in [-0.05, 0) is 42.9 Å². The minimum absolute atomic E-state index is 0.124. The van der Waals surface area contributed by atoms with Crippen LogP contribution in [-0.2, 0) is 4.79 Å². The zero-order chi connectivity index (χ0) is 19.8. The fourth-order valence-corrected chi connectivity index (χ4v) is 2.69. The van der Waals surface area contributed by atoms with Crippen molar-refractivity contribution < 1.29 is 23.8 Å². The summed E-state index contributed by atoms with van der Waals surface area (Å²) >= 11 is 5.16. The Morgan fingerprint density at radius 3 is 2.63 bits per heavy atom. The minimum atomic E-state index is -1.14. The van der Waals surface area contributed by atoms with E-state index >= 15 is 0 Å². The number of furan rings is 1. The van der Waals surface area contributed by atoms with Gasteiger partial charge in [0.05, 0.1) is 12.7 Å². The average molecular weight is 390 g/mol. The van der Waals surface area contributed by atoms with Crippen molar-refractivity contribution in [3.63, 3.8) is 0 Å². The average Bonchev–Trinajstić information content (AvgIpc) is 3.12. The first-order chi connectivity index (χ1) is 12.9. The molecule has 27 heavy (non-hydrogen) atoms. The van der Waals surface area contributed by atoms with Crippen molar-refractivity contribution in [2.24, 2.45) is 0 Å². The smallest absolute Gasteiger partial charge is 0.371 e. The SMILES string of the molecule is CCCCCC(=O)NC(=S)Nc1ccc(-c2ccc(C(=O)O)o2)c(OC)c1. The molecule has 0 atom stereocenters. The lowest BCUT2D eigenvalue weighted by Gasteiger charge is -2.12. The van der Waals surface area contributed by atoms with Gasteiger partial charge in [-0.1, -0.05) is 19.8 Å². The van der Waals surface area contributed by atoms with Crippen molar-refractivity contribution in [2.45, 2.75) is 32.6 Å². The van der Waals surface area contributed by atoms with Crippen molar-refractivity contribution in [2.75, 3.05) is 12.4 Å². The van der Waals surface area contributed by atoms with Crippen LogP contribution in [-0.4, -0.2) is 29.2 Å². The second-order valence-electron chi connectivity index (χ2n) is 5.84. The molecule has 0 saturated heterocycles. The highest BCUT2D eigenvalue weighted by Gasteiger charge is 2.15. The standard InChI is InChI=1S/C19H22N2O5S/c1-3-4-5-6-17(22)21-19(27)20-12-7-8-13(16(11-12)25-2)14-9-10-15(26-14)18(23)24/h7-11H,3-6H2,1-2H3,(H,23,24)(H2,20,21,22,27). The molecule has 1 amide bonds. The lowest BCUT2D eigenvalue weighted by Crippen LogP contribution is -2.33. The van der Waals surface area contributed by atoms with Gasteiger partial charge in [-0.3, -0.25) is 4.79 Å². The Morgan fingerprint density at radius 1 is 1.22 bits per heavy atom. The van der Waals surface area contributed by atoms with Gasteiger partial charge in [-0.15, -0.1) is 0 Å². The van der Waals surface area contributed by atoms with Crippen molar-refractivity contribution in [3.05, 3.63) is 36.1 Å². The third kappa shape index (κ3) is 5.82. The fraction of sp³-hybridized carbons (Fsp3) is 0.316. The van der Waals surface area contributed by atoms with Crippen LogP contribution in [0.25, 0.3) is 11.3 Å². The van der Waals surface area contributed by atoms with Gasteiger partial charge in [0.1, 0.15) is 11.5 Å². The van der Waals surface area contributed by atoms with E-state index in [9.17, 15) is 9.59 Å². The van der Waals surface area contributed by atoms with Crippen LogP contribution < -0.4 is 15.4 Å². The maximum absolute atomic E-state index is 11.8. The highest BCUT2D eigenvalue weighted by molar-refractivity contribution is 7.80. The molecule has 2 aromatic rings. The third-order valence-corrected chi connectivity index (χ3v) is 4.01. The highest BCUT2D eigenvalue weighted by Crippen LogP contribution is 2.33. The van der Waals surface area contributed by atoms with E-state index in [4.69, 9.17) is 26.5 Å². The topological polar surface area (TPSA) is 101 Å². The summed E-state index contributed by atoms with van der Waals surface area (Å²) in [6, 6.07) is 8.09. The van der Waals surface area contributed by atoms with Crippen LogP contribution in [0.4, 0.5) is 5.69 Å².